The summed E-state index contributed by atoms with van der Waals surface area (Å²) in [5, 5.41) is 3.20. The number of pyridine rings is 1. The quantitative estimate of drug-likeness (QED) is 0.379. The number of hydrogen-bond donors (Lipinski definition) is 1. The standard InChI is InChI=1S/C18H27F3N4O2/c1-3-22-17(25(2)8-9-26-12-14-4-5-14)24-11-15-6-7-23-16(10-15)27-13-18(19,20)21/h6-7,10,14H,3-5,8-9,11-13H2,1-2H3,(H,22,24). The molecule has 1 saturated carbocycles. The topological polar surface area (TPSA) is 59.0 Å². The first-order valence-electron chi connectivity index (χ1n) is 9.09. The Balaban J connectivity index is 1.86. The Morgan fingerprint density at radius 1 is 1.41 bits per heavy atom. The summed E-state index contributed by atoms with van der Waals surface area (Å²) in [7, 11) is 1.92. The van der Waals surface area contributed by atoms with Crippen molar-refractivity contribution in [3.63, 3.8) is 0 Å². The number of halogens is 3. The molecule has 0 aliphatic heterocycles. The van der Waals surface area contributed by atoms with Crippen LogP contribution in [0.1, 0.15) is 25.3 Å². The third-order valence-corrected chi connectivity index (χ3v) is 3.91. The second kappa shape index (κ2) is 10.3. The molecule has 152 valence electrons. The minimum absolute atomic E-state index is 0.0631. The molecule has 9 heteroatoms. The molecule has 1 fully saturated rings. The number of guanidine groups is 1. The SMILES string of the molecule is CCNC(=NCc1ccnc(OCC(F)(F)F)c1)N(C)CCOCC1CC1. The van der Waals surface area contributed by atoms with E-state index in [0.29, 0.717) is 32.2 Å². The molecule has 1 aromatic rings. The lowest BCUT2D eigenvalue weighted by atomic mass is 10.3. The molecule has 27 heavy (non-hydrogen) atoms. The number of aromatic nitrogens is 1. The van der Waals surface area contributed by atoms with E-state index in [1.54, 1.807) is 6.07 Å². The summed E-state index contributed by atoms with van der Waals surface area (Å²) in [6.45, 7) is 3.78. The third-order valence-electron chi connectivity index (χ3n) is 3.91. The van der Waals surface area contributed by atoms with Gasteiger partial charge < -0.3 is 19.7 Å². The van der Waals surface area contributed by atoms with Crippen LogP contribution in [0.2, 0.25) is 0 Å². The molecular weight excluding hydrogens is 361 g/mol. The summed E-state index contributed by atoms with van der Waals surface area (Å²) in [4.78, 5) is 10.3. The van der Waals surface area contributed by atoms with Gasteiger partial charge in [-0.05, 0) is 37.3 Å². The van der Waals surface area contributed by atoms with E-state index in [1.807, 2.05) is 18.9 Å². The maximum Gasteiger partial charge on any atom is 0.422 e. The van der Waals surface area contributed by atoms with Crippen molar-refractivity contribution in [1.82, 2.24) is 15.2 Å². The molecule has 2 rings (SSSR count). The number of ether oxygens (including phenoxy) is 2. The molecule has 6 nitrogen and oxygen atoms in total. The van der Waals surface area contributed by atoms with E-state index in [4.69, 9.17) is 4.74 Å². The molecule has 1 aliphatic rings. The van der Waals surface area contributed by atoms with Gasteiger partial charge in [0.25, 0.3) is 0 Å². The normalized spacial score (nSPS) is 14.9. The highest BCUT2D eigenvalue weighted by molar-refractivity contribution is 5.79. The maximum atomic E-state index is 12.2. The zero-order chi connectivity index (χ0) is 19.7. The van der Waals surface area contributed by atoms with E-state index >= 15 is 0 Å². The summed E-state index contributed by atoms with van der Waals surface area (Å²) in [5.74, 6) is 1.38. The second-order valence-corrected chi connectivity index (χ2v) is 6.52. The van der Waals surface area contributed by atoms with Crippen molar-refractivity contribution in [2.75, 3.05) is 40.0 Å². The largest absolute Gasteiger partial charge is 0.468 e. The van der Waals surface area contributed by atoms with Gasteiger partial charge in [-0.15, -0.1) is 0 Å². The van der Waals surface area contributed by atoms with Crippen LogP contribution >= 0.6 is 0 Å². The van der Waals surface area contributed by atoms with E-state index in [-0.39, 0.29) is 5.88 Å². The Hall–Kier alpha value is -2.03. The highest BCUT2D eigenvalue weighted by atomic mass is 19.4. The fourth-order valence-corrected chi connectivity index (χ4v) is 2.26. The first-order chi connectivity index (χ1) is 12.9. The Morgan fingerprint density at radius 2 is 2.19 bits per heavy atom. The molecule has 0 bridgehead atoms. The minimum atomic E-state index is -4.39. The van der Waals surface area contributed by atoms with Crippen LogP contribution in [-0.2, 0) is 11.3 Å². The molecule has 0 spiro atoms. The molecule has 0 atom stereocenters. The predicted octanol–water partition coefficient (Wildman–Crippen LogP) is 2.85. The van der Waals surface area contributed by atoms with E-state index in [0.717, 1.165) is 18.1 Å². The Kier molecular flexibility index (Phi) is 8.15. The number of nitrogens with zero attached hydrogens (tertiary/aromatic N) is 3. The highest BCUT2D eigenvalue weighted by Crippen LogP contribution is 2.28. The number of likely N-dealkylation sites (N-methyl/N-ethyl adjacent to an activating group) is 1. The Morgan fingerprint density at radius 3 is 2.85 bits per heavy atom. The smallest absolute Gasteiger partial charge is 0.422 e. The van der Waals surface area contributed by atoms with Gasteiger partial charge in [0.2, 0.25) is 5.88 Å². The van der Waals surface area contributed by atoms with Gasteiger partial charge >= 0.3 is 6.18 Å². The van der Waals surface area contributed by atoms with Gasteiger partial charge in [0.15, 0.2) is 12.6 Å². The number of nitrogens with one attached hydrogen (secondary N) is 1. The molecule has 0 unspecified atom stereocenters. The van der Waals surface area contributed by atoms with Crippen molar-refractivity contribution in [1.29, 1.82) is 0 Å². The first kappa shape index (κ1) is 21.3. The van der Waals surface area contributed by atoms with Crippen LogP contribution in [0.25, 0.3) is 0 Å². The van der Waals surface area contributed by atoms with E-state index < -0.39 is 12.8 Å². The molecule has 0 amide bonds. The highest BCUT2D eigenvalue weighted by Gasteiger charge is 2.28. The van der Waals surface area contributed by atoms with E-state index in [1.165, 1.54) is 25.1 Å². The number of hydrogen-bond acceptors (Lipinski definition) is 4. The van der Waals surface area contributed by atoms with E-state index in [2.05, 4.69) is 20.0 Å². The average Bonchev–Trinajstić information content (AvgIpc) is 3.44. The predicted molar refractivity (Wildman–Crippen MR) is 96.8 cm³/mol. The fraction of sp³-hybridized carbons (Fsp3) is 0.667. The molecule has 0 radical (unpaired) electrons. The molecular formula is C18H27F3N4O2. The summed E-state index contributed by atoms with van der Waals surface area (Å²) in [6.07, 6.45) is -0.446. The fourth-order valence-electron chi connectivity index (χ4n) is 2.26. The van der Waals surface area contributed by atoms with Crippen LogP contribution in [-0.4, -0.2) is 62.0 Å². The molecule has 1 aliphatic carbocycles. The molecule has 0 saturated heterocycles. The van der Waals surface area contributed by atoms with Crippen LogP contribution in [0.15, 0.2) is 23.3 Å². The van der Waals surface area contributed by atoms with Gasteiger partial charge in [-0.2, -0.15) is 13.2 Å². The van der Waals surface area contributed by atoms with Crippen LogP contribution in [0.4, 0.5) is 13.2 Å². The number of aliphatic imine (C=N–C) groups is 1. The lowest BCUT2D eigenvalue weighted by Gasteiger charge is -2.22. The number of rotatable bonds is 10. The lowest BCUT2D eigenvalue weighted by molar-refractivity contribution is -0.154. The third kappa shape index (κ3) is 8.94. The summed E-state index contributed by atoms with van der Waals surface area (Å²) >= 11 is 0. The van der Waals surface area contributed by atoms with Gasteiger partial charge in [-0.3, -0.25) is 0 Å². The summed E-state index contributed by atoms with van der Waals surface area (Å²) in [5.41, 5.74) is 0.718. The molecule has 1 aromatic heterocycles. The number of alkyl halides is 3. The Labute approximate surface area is 157 Å². The van der Waals surface area contributed by atoms with Gasteiger partial charge in [0.05, 0.1) is 13.2 Å². The van der Waals surface area contributed by atoms with Crippen molar-refractivity contribution in [2.24, 2.45) is 10.9 Å². The monoisotopic (exact) mass is 388 g/mol. The molecule has 0 aromatic carbocycles. The lowest BCUT2D eigenvalue weighted by Crippen LogP contribution is -2.40. The van der Waals surface area contributed by atoms with Crippen LogP contribution in [0.5, 0.6) is 5.88 Å². The van der Waals surface area contributed by atoms with E-state index in [9.17, 15) is 13.2 Å². The zero-order valence-electron chi connectivity index (χ0n) is 15.8. The van der Waals surface area contributed by atoms with Crippen molar-refractivity contribution >= 4 is 5.96 Å². The van der Waals surface area contributed by atoms with Crippen molar-refractivity contribution in [2.45, 2.75) is 32.5 Å². The second-order valence-electron chi connectivity index (χ2n) is 6.52. The van der Waals surface area contributed by atoms with Crippen molar-refractivity contribution in [3.8, 4) is 5.88 Å². The maximum absolute atomic E-state index is 12.2. The van der Waals surface area contributed by atoms with Gasteiger partial charge in [0.1, 0.15) is 0 Å². The first-order valence-corrected chi connectivity index (χ1v) is 9.09. The summed E-state index contributed by atoms with van der Waals surface area (Å²) < 4.78 is 47.1. The Bertz CT molecular complexity index is 607. The van der Waals surface area contributed by atoms with Gasteiger partial charge in [0, 0.05) is 39.0 Å². The van der Waals surface area contributed by atoms with Gasteiger partial charge in [-0.25, -0.2) is 9.98 Å². The zero-order valence-corrected chi connectivity index (χ0v) is 15.8. The molecule has 1 N–H and O–H groups in total. The summed E-state index contributed by atoms with van der Waals surface area (Å²) in [6, 6.07) is 3.17. The van der Waals surface area contributed by atoms with Crippen LogP contribution in [0, 0.1) is 5.92 Å². The van der Waals surface area contributed by atoms with Gasteiger partial charge in [-0.1, -0.05) is 0 Å². The minimum Gasteiger partial charge on any atom is -0.468 e. The van der Waals surface area contributed by atoms with Crippen molar-refractivity contribution in [3.05, 3.63) is 23.9 Å². The molecule has 1 heterocycles. The van der Waals surface area contributed by atoms with Crippen LogP contribution < -0.4 is 10.1 Å². The van der Waals surface area contributed by atoms with Crippen LogP contribution in [0.3, 0.4) is 0 Å². The average molecular weight is 388 g/mol. The van der Waals surface area contributed by atoms with Crippen molar-refractivity contribution < 1.29 is 22.6 Å².